The summed E-state index contributed by atoms with van der Waals surface area (Å²) in [6.45, 7) is 5.02. The largest absolute Gasteiger partial charge is 0.482 e. The number of nitrogens with zero attached hydrogens (tertiary/aromatic N) is 2. The van der Waals surface area contributed by atoms with Crippen molar-refractivity contribution in [3.8, 4) is 16.9 Å². The van der Waals surface area contributed by atoms with E-state index in [1.165, 1.54) is 12.1 Å². The molecule has 0 spiro atoms. The molecule has 0 amide bonds. The van der Waals surface area contributed by atoms with Crippen LogP contribution in [0.25, 0.3) is 11.1 Å². The molecule has 3 N–H and O–H groups in total. The Balaban J connectivity index is 1.91. The lowest BCUT2D eigenvalue weighted by atomic mass is 10.0. The van der Waals surface area contributed by atoms with Gasteiger partial charge in [0, 0.05) is 34.1 Å². The molecule has 0 aliphatic heterocycles. The number of aliphatic hydroxyl groups is 1. The molecule has 2 aromatic heterocycles. The van der Waals surface area contributed by atoms with Crippen LogP contribution >= 0.6 is 23.2 Å². The van der Waals surface area contributed by atoms with Crippen molar-refractivity contribution in [3.05, 3.63) is 69.8 Å². The number of aromatic nitrogens is 2. The molecule has 0 fully saturated rings. The van der Waals surface area contributed by atoms with Crippen LogP contribution in [0.5, 0.6) is 5.75 Å². The van der Waals surface area contributed by atoms with Gasteiger partial charge in [-0.2, -0.15) is 0 Å². The third kappa shape index (κ3) is 4.61. The molecule has 0 aliphatic rings. The number of anilines is 1. The Morgan fingerprint density at radius 2 is 1.79 bits per heavy atom. The van der Waals surface area contributed by atoms with E-state index in [4.69, 9.17) is 33.7 Å². The van der Waals surface area contributed by atoms with Gasteiger partial charge in [0.1, 0.15) is 17.5 Å². The molecule has 0 aliphatic carbocycles. The van der Waals surface area contributed by atoms with Crippen LogP contribution < -0.4 is 10.5 Å². The molecule has 0 saturated heterocycles. The summed E-state index contributed by atoms with van der Waals surface area (Å²) in [4.78, 5) is 8.46. The van der Waals surface area contributed by atoms with Gasteiger partial charge >= 0.3 is 0 Å². The van der Waals surface area contributed by atoms with Crippen LogP contribution in [0.3, 0.4) is 0 Å². The fourth-order valence-electron chi connectivity index (χ4n) is 2.80. The standard InChI is InChI=1S/C21H20Cl2FN3O2/c1-11(18-14(22)5-6-15(24)19(18)23)29-16-8-13(10-27-20(16)25)12-4-7-17(26-9-12)21(2,3)28/h4-11,28H,1-3H3,(H2,25,27). The van der Waals surface area contributed by atoms with Crippen molar-refractivity contribution >= 4 is 29.0 Å². The summed E-state index contributed by atoms with van der Waals surface area (Å²) in [7, 11) is 0. The van der Waals surface area contributed by atoms with E-state index in [2.05, 4.69) is 9.97 Å². The van der Waals surface area contributed by atoms with Crippen LogP contribution in [0.15, 0.2) is 42.7 Å². The number of pyridine rings is 2. The minimum atomic E-state index is -1.04. The van der Waals surface area contributed by atoms with Gasteiger partial charge in [0.05, 0.1) is 10.7 Å². The molecule has 0 saturated carbocycles. The molecule has 8 heteroatoms. The van der Waals surface area contributed by atoms with E-state index in [-0.39, 0.29) is 15.9 Å². The summed E-state index contributed by atoms with van der Waals surface area (Å²) in [5, 5.41) is 10.2. The molecule has 1 unspecified atom stereocenters. The highest BCUT2D eigenvalue weighted by molar-refractivity contribution is 6.36. The number of halogens is 3. The molecule has 152 valence electrons. The fourth-order valence-corrected chi connectivity index (χ4v) is 3.48. The van der Waals surface area contributed by atoms with Crippen LogP contribution in [-0.4, -0.2) is 15.1 Å². The molecule has 0 bridgehead atoms. The molecule has 1 aromatic carbocycles. The van der Waals surface area contributed by atoms with Gasteiger partial charge in [-0.05, 0) is 45.0 Å². The van der Waals surface area contributed by atoms with Crippen molar-refractivity contribution in [2.75, 3.05) is 5.73 Å². The Labute approximate surface area is 178 Å². The first-order valence-corrected chi connectivity index (χ1v) is 9.58. The molecule has 3 aromatic rings. The predicted molar refractivity (Wildman–Crippen MR) is 113 cm³/mol. The lowest BCUT2D eigenvalue weighted by molar-refractivity contribution is 0.0739. The average molecular weight is 436 g/mol. The summed E-state index contributed by atoms with van der Waals surface area (Å²) >= 11 is 12.2. The van der Waals surface area contributed by atoms with E-state index in [1.54, 1.807) is 45.3 Å². The summed E-state index contributed by atoms with van der Waals surface area (Å²) in [6, 6.07) is 7.89. The zero-order valence-corrected chi connectivity index (χ0v) is 17.6. The second kappa shape index (κ2) is 8.14. The van der Waals surface area contributed by atoms with Crippen molar-refractivity contribution in [3.63, 3.8) is 0 Å². The molecule has 1 atom stereocenters. The third-order valence-corrected chi connectivity index (χ3v) is 5.11. The lowest BCUT2D eigenvalue weighted by Gasteiger charge is -2.19. The first kappa shape index (κ1) is 21.3. The minimum absolute atomic E-state index is 0.0981. The van der Waals surface area contributed by atoms with Crippen molar-refractivity contribution < 1.29 is 14.2 Å². The maximum Gasteiger partial charge on any atom is 0.166 e. The average Bonchev–Trinajstić information content (AvgIpc) is 2.66. The lowest BCUT2D eigenvalue weighted by Crippen LogP contribution is -2.17. The van der Waals surface area contributed by atoms with E-state index < -0.39 is 17.5 Å². The Hall–Kier alpha value is -2.41. The normalized spacial score (nSPS) is 12.7. The summed E-state index contributed by atoms with van der Waals surface area (Å²) in [5.41, 5.74) is 7.28. The smallest absolute Gasteiger partial charge is 0.166 e. The fraction of sp³-hybridized carbons (Fsp3) is 0.238. The topological polar surface area (TPSA) is 81.3 Å². The SMILES string of the molecule is CC(Oc1cc(-c2ccc(C(C)(C)O)nc2)cnc1N)c1c(Cl)ccc(F)c1Cl. The van der Waals surface area contributed by atoms with Gasteiger partial charge in [-0.25, -0.2) is 9.37 Å². The summed E-state index contributed by atoms with van der Waals surface area (Å²) in [5.74, 6) is -0.109. The molecule has 5 nitrogen and oxygen atoms in total. The van der Waals surface area contributed by atoms with E-state index >= 15 is 0 Å². The van der Waals surface area contributed by atoms with Gasteiger partial charge in [-0.1, -0.05) is 29.3 Å². The van der Waals surface area contributed by atoms with Crippen LogP contribution in [0.2, 0.25) is 10.0 Å². The van der Waals surface area contributed by atoms with Crippen molar-refractivity contribution in [1.29, 1.82) is 0 Å². The van der Waals surface area contributed by atoms with Crippen LogP contribution in [0, 0.1) is 5.82 Å². The maximum atomic E-state index is 13.8. The Kier molecular flexibility index (Phi) is 5.98. The van der Waals surface area contributed by atoms with Gasteiger partial charge in [0.15, 0.2) is 11.6 Å². The number of ether oxygens (including phenoxy) is 1. The third-order valence-electron chi connectivity index (χ3n) is 4.40. The number of hydrogen-bond donors (Lipinski definition) is 2. The van der Waals surface area contributed by atoms with Gasteiger partial charge in [0.25, 0.3) is 0 Å². The monoisotopic (exact) mass is 435 g/mol. The first-order valence-electron chi connectivity index (χ1n) is 8.82. The molecule has 2 heterocycles. The van der Waals surface area contributed by atoms with Crippen molar-refractivity contribution in [2.24, 2.45) is 0 Å². The number of hydrogen-bond acceptors (Lipinski definition) is 5. The minimum Gasteiger partial charge on any atom is -0.482 e. The highest BCUT2D eigenvalue weighted by Crippen LogP contribution is 2.37. The van der Waals surface area contributed by atoms with Gasteiger partial charge < -0.3 is 15.6 Å². The molecule has 3 rings (SSSR count). The predicted octanol–water partition coefficient (Wildman–Crippen LogP) is 5.54. The highest BCUT2D eigenvalue weighted by atomic mass is 35.5. The van der Waals surface area contributed by atoms with Crippen LogP contribution in [0.4, 0.5) is 10.2 Å². The Bertz CT molecular complexity index is 1040. The Morgan fingerprint density at radius 1 is 1.10 bits per heavy atom. The zero-order chi connectivity index (χ0) is 21.3. The molecular weight excluding hydrogens is 416 g/mol. The number of nitrogen functional groups attached to an aromatic ring is 1. The van der Waals surface area contributed by atoms with Crippen LogP contribution in [0.1, 0.15) is 38.1 Å². The quantitative estimate of drug-likeness (QED) is 0.514. The van der Waals surface area contributed by atoms with Crippen LogP contribution in [-0.2, 0) is 5.60 Å². The zero-order valence-electron chi connectivity index (χ0n) is 16.1. The van der Waals surface area contributed by atoms with E-state index in [9.17, 15) is 9.50 Å². The first-order chi connectivity index (χ1) is 13.6. The van der Waals surface area contributed by atoms with Gasteiger partial charge in [-0.3, -0.25) is 4.98 Å². The van der Waals surface area contributed by atoms with E-state index in [0.29, 0.717) is 22.6 Å². The molecule has 29 heavy (non-hydrogen) atoms. The number of benzene rings is 1. The second-order valence-electron chi connectivity index (χ2n) is 7.12. The second-order valence-corrected chi connectivity index (χ2v) is 7.90. The van der Waals surface area contributed by atoms with Crippen molar-refractivity contribution in [1.82, 2.24) is 9.97 Å². The van der Waals surface area contributed by atoms with Gasteiger partial charge in [-0.15, -0.1) is 0 Å². The highest BCUT2D eigenvalue weighted by Gasteiger charge is 2.21. The number of rotatable bonds is 5. The van der Waals surface area contributed by atoms with Gasteiger partial charge in [0.2, 0.25) is 0 Å². The summed E-state index contributed by atoms with van der Waals surface area (Å²) < 4.78 is 19.7. The molecule has 0 radical (unpaired) electrons. The van der Waals surface area contributed by atoms with Crippen molar-refractivity contribution in [2.45, 2.75) is 32.5 Å². The number of nitrogens with two attached hydrogens (primary N) is 1. The molecular formula is C21H20Cl2FN3O2. The van der Waals surface area contributed by atoms with E-state index in [1.807, 2.05) is 6.07 Å². The maximum absolute atomic E-state index is 13.8. The van der Waals surface area contributed by atoms with E-state index in [0.717, 1.165) is 5.56 Å². The Morgan fingerprint density at radius 3 is 2.41 bits per heavy atom. The summed E-state index contributed by atoms with van der Waals surface area (Å²) in [6.07, 6.45) is 2.56.